The zero-order valence-corrected chi connectivity index (χ0v) is 23.0. The van der Waals surface area contributed by atoms with Crippen molar-refractivity contribution in [3.8, 4) is 16.9 Å². The van der Waals surface area contributed by atoms with Crippen LogP contribution in [0.3, 0.4) is 0 Å². The standard InChI is InChI=1S/C30H44O3/c1-17-20(26(32)33)21(24(30(11,12)13)25(31)22(17)28(5,6)7)18-15-14-16-19(27(2,3)4)23(18)29(8,9)10/h14-16,31H,1-13H3,(H,32,33). The molecule has 0 saturated heterocycles. The molecule has 0 saturated carbocycles. The molecule has 0 heterocycles. The summed E-state index contributed by atoms with van der Waals surface area (Å²) in [4.78, 5) is 12.8. The fraction of sp³-hybridized carbons (Fsp3) is 0.567. The molecule has 2 aromatic rings. The second kappa shape index (κ2) is 8.18. The van der Waals surface area contributed by atoms with Crippen molar-refractivity contribution in [2.45, 2.75) is 112 Å². The van der Waals surface area contributed by atoms with Crippen LogP contribution in [-0.2, 0) is 21.7 Å². The van der Waals surface area contributed by atoms with Gasteiger partial charge in [0.2, 0.25) is 0 Å². The van der Waals surface area contributed by atoms with Crippen LogP contribution >= 0.6 is 0 Å². The first-order valence-electron chi connectivity index (χ1n) is 11.9. The van der Waals surface area contributed by atoms with Gasteiger partial charge < -0.3 is 10.2 Å². The normalized spacial score (nSPS) is 13.4. The maximum atomic E-state index is 12.8. The summed E-state index contributed by atoms with van der Waals surface area (Å²) in [6, 6.07) is 6.20. The lowest BCUT2D eigenvalue weighted by Gasteiger charge is -2.36. The first-order valence-corrected chi connectivity index (χ1v) is 11.9. The highest BCUT2D eigenvalue weighted by Gasteiger charge is 2.37. The summed E-state index contributed by atoms with van der Waals surface area (Å²) in [6.45, 7) is 27.1. The van der Waals surface area contributed by atoms with Gasteiger partial charge in [0.05, 0.1) is 5.56 Å². The van der Waals surface area contributed by atoms with Crippen LogP contribution in [0.4, 0.5) is 0 Å². The SMILES string of the molecule is Cc1c(C(=O)O)c(-c2cccc(C(C)(C)C)c2C(C)(C)C)c(C(C)(C)C)c(O)c1C(C)(C)C. The highest BCUT2D eigenvalue weighted by molar-refractivity contribution is 6.01. The predicted molar refractivity (Wildman–Crippen MR) is 140 cm³/mol. The van der Waals surface area contributed by atoms with Crippen molar-refractivity contribution in [1.29, 1.82) is 0 Å². The van der Waals surface area contributed by atoms with Gasteiger partial charge >= 0.3 is 5.97 Å². The maximum Gasteiger partial charge on any atom is 0.336 e. The monoisotopic (exact) mass is 452 g/mol. The van der Waals surface area contributed by atoms with Gasteiger partial charge in [-0.2, -0.15) is 0 Å². The average Bonchev–Trinajstić information content (AvgIpc) is 2.56. The minimum absolute atomic E-state index is 0.119. The lowest BCUT2D eigenvalue weighted by molar-refractivity contribution is 0.0696. The van der Waals surface area contributed by atoms with E-state index in [2.05, 4.69) is 47.6 Å². The Morgan fingerprint density at radius 2 is 1.15 bits per heavy atom. The third-order valence-electron chi connectivity index (χ3n) is 6.33. The van der Waals surface area contributed by atoms with Crippen LogP contribution in [0.1, 0.15) is 121 Å². The number of carboxylic acids is 1. The molecular weight excluding hydrogens is 408 g/mol. The number of phenolic OH excluding ortho intramolecular Hbond substituents is 1. The molecule has 2 rings (SSSR count). The third-order valence-corrected chi connectivity index (χ3v) is 6.33. The summed E-state index contributed by atoms with van der Waals surface area (Å²) >= 11 is 0. The maximum absolute atomic E-state index is 12.8. The van der Waals surface area contributed by atoms with Gasteiger partial charge in [-0.05, 0) is 50.8 Å². The van der Waals surface area contributed by atoms with E-state index in [1.54, 1.807) is 0 Å². The number of carboxylic acid groups (broad SMARTS) is 1. The van der Waals surface area contributed by atoms with Gasteiger partial charge in [0.15, 0.2) is 0 Å². The number of phenols is 1. The van der Waals surface area contributed by atoms with Gasteiger partial charge in [0.1, 0.15) is 5.75 Å². The fourth-order valence-corrected chi connectivity index (χ4v) is 5.24. The van der Waals surface area contributed by atoms with Crippen LogP contribution in [0.15, 0.2) is 18.2 Å². The summed E-state index contributed by atoms with van der Waals surface area (Å²) in [5.41, 5.74) is 4.99. The molecule has 182 valence electrons. The van der Waals surface area contributed by atoms with Crippen LogP contribution in [0.2, 0.25) is 0 Å². The van der Waals surface area contributed by atoms with Crippen LogP contribution in [0, 0.1) is 6.92 Å². The van der Waals surface area contributed by atoms with Crippen molar-refractivity contribution in [3.63, 3.8) is 0 Å². The molecule has 0 aliphatic heterocycles. The van der Waals surface area contributed by atoms with E-state index >= 15 is 0 Å². The second-order valence-electron chi connectivity index (χ2n) is 13.5. The van der Waals surface area contributed by atoms with E-state index in [9.17, 15) is 15.0 Å². The smallest absolute Gasteiger partial charge is 0.336 e. The largest absolute Gasteiger partial charge is 0.507 e. The molecule has 0 unspecified atom stereocenters. The second-order valence-corrected chi connectivity index (χ2v) is 13.5. The van der Waals surface area contributed by atoms with E-state index in [1.807, 2.05) is 60.6 Å². The summed E-state index contributed by atoms with van der Waals surface area (Å²) in [6.07, 6.45) is 0. The van der Waals surface area contributed by atoms with Crippen LogP contribution in [0.5, 0.6) is 5.75 Å². The molecule has 3 heteroatoms. The van der Waals surface area contributed by atoms with Crippen molar-refractivity contribution < 1.29 is 15.0 Å². The molecule has 0 aliphatic rings. The lowest BCUT2D eigenvalue weighted by atomic mass is 9.68. The van der Waals surface area contributed by atoms with Gasteiger partial charge in [-0.25, -0.2) is 4.79 Å². The van der Waals surface area contributed by atoms with E-state index < -0.39 is 16.8 Å². The number of aromatic hydroxyl groups is 1. The molecule has 33 heavy (non-hydrogen) atoms. The van der Waals surface area contributed by atoms with E-state index in [-0.39, 0.29) is 16.6 Å². The Labute approximate surface area is 201 Å². The van der Waals surface area contributed by atoms with Crippen molar-refractivity contribution >= 4 is 5.97 Å². The highest BCUT2D eigenvalue weighted by Crippen LogP contribution is 2.51. The molecule has 0 amide bonds. The molecule has 0 atom stereocenters. The minimum atomic E-state index is -0.959. The van der Waals surface area contributed by atoms with Crippen LogP contribution < -0.4 is 0 Å². The molecule has 2 N–H and O–H groups in total. The number of carbonyl (C=O) groups is 1. The van der Waals surface area contributed by atoms with Gasteiger partial charge in [-0.3, -0.25) is 0 Å². The number of benzene rings is 2. The molecule has 3 nitrogen and oxygen atoms in total. The minimum Gasteiger partial charge on any atom is -0.507 e. The van der Waals surface area contributed by atoms with Crippen molar-refractivity contribution in [3.05, 3.63) is 51.6 Å². The van der Waals surface area contributed by atoms with Gasteiger partial charge in [-0.1, -0.05) is 101 Å². The van der Waals surface area contributed by atoms with E-state index in [4.69, 9.17) is 0 Å². The Morgan fingerprint density at radius 3 is 1.52 bits per heavy atom. The molecule has 0 aromatic heterocycles. The summed E-state index contributed by atoms with van der Waals surface area (Å²) in [7, 11) is 0. The first kappa shape index (κ1) is 27.0. The topological polar surface area (TPSA) is 57.5 Å². The lowest BCUT2D eigenvalue weighted by Crippen LogP contribution is -2.26. The predicted octanol–water partition coefficient (Wildman–Crippen LogP) is 8.26. The Hall–Kier alpha value is -2.29. The van der Waals surface area contributed by atoms with E-state index in [0.717, 1.165) is 11.1 Å². The van der Waals surface area contributed by atoms with Gasteiger partial charge in [0.25, 0.3) is 0 Å². The van der Waals surface area contributed by atoms with E-state index in [1.165, 1.54) is 5.56 Å². The zero-order valence-electron chi connectivity index (χ0n) is 23.0. The molecule has 0 aliphatic carbocycles. The fourth-order valence-electron chi connectivity index (χ4n) is 5.24. The quantitative estimate of drug-likeness (QED) is 0.482. The van der Waals surface area contributed by atoms with Crippen LogP contribution in [-0.4, -0.2) is 16.2 Å². The van der Waals surface area contributed by atoms with Crippen molar-refractivity contribution in [2.24, 2.45) is 0 Å². The van der Waals surface area contributed by atoms with Crippen molar-refractivity contribution in [1.82, 2.24) is 0 Å². The molecule has 0 fully saturated rings. The van der Waals surface area contributed by atoms with Gasteiger partial charge in [0, 0.05) is 16.7 Å². The van der Waals surface area contributed by atoms with Gasteiger partial charge in [-0.15, -0.1) is 0 Å². The van der Waals surface area contributed by atoms with E-state index in [0.29, 0.717) is 27.8 Å². The molecule has 2 aromatic carbocycles. The number of aromatic carboxylic acids is 1. The number of hydrogen-bond acceptors (Lipinski definition) is 2. The Kier molecular flexibility index (Phi) is 6.68. The summed E-state index contributed by atoms with van der Waals surface area (Å²) < 4.78 is 0. The Balaban J connectivity index is 3.35. The highest BCUT2D eigenvalue weighted by atomic mass is 16.4. The summed E-state index contributed by atoms with van der Waals surface area (Å²) in [5.74, 6) is -0.743. The average molecular weight is 453 g/mol. The molecule has 0 spiro atoms. The van der Waals surface area contributed by atoms with Crippen molar-refractivity contribution in [2.75, 3.05) is 0 Å². The molecular formula is C30H44O3. The first-order chi connectivity index (χ1) is 14.6. The number of hydrogen-bond donors (Lipinski definition) is 2. The Bertz CT molecular complexity index is 1080. The summed E-state index contributed by atoms with van der Waals surface area (Å²) in [5, 5.41) is 22.2. The number of rotatable bonds is 2. The van der Waals surface area contributed by atoms with Crippen LogP contribution in [0.25, 0.3) is 11.1 Å². The zero-order chi connectivity index (χ0) is 25.9. The Morgan fingerprint density at radius 1 is 0.697 bits per heavy atom. The molecule has 0 bridgehead atoms. The molecule has 0 radical (unpaired) electrons. The third kappa shape index (κ3) is 4.98.